The highest BCUT2D eigenvalue weighted by atomic mass is 79.9. The van der Waals surface area contributed by atoms with E-state index in [1.165, 1.54) is 0 Å². The number of nitrogens with zero attached hydrogens (tertiary/aromatic N) is 3. The second kappa shape index (κ2) is 4.42. The summed E-state index contributed by atoms with van der Waals surface area (Å²) in [6.07, 6.45) is 2.24. The van der Waals surface area contributed by atoms with Gasteiger partial charge >= 0.3 is 0 Å². The van der Waals surface area contributed by atoms with Crippen LogP contribution in [0.5, 0.6) is 0 Å². The van der Waals surface area contributed by atoms with Crippen LogP contribution in [-0.2, 0) is 5.60 Å². The minimum Gasteiger partial charge on any atom is -0.379 e. The molecule has 3 rings (SSSR count). The molecule has 7 heteroatoms. The second-order valence-corrected chi connectivity index (χ2v) is 5.16. The smallest absolute Gasteiger partial charge is 0.260 e. The van der Waals surface area contributed by atoms with Gasteiger partial charge in [-0.15, -0.1) is 0 Å². The molecule has 18 heavy (non-hydrogen) atoms. The molecular formula is C11H11BrN4O2. The highest BCUT2D eigenvalue weighted by Crippen LogP contribution is 2.27. The van der Waals surface area contributed by atoms with Gasteiger partial charge in [0.15, 0.2) is 5.60 Å². The predicted octanol–water partition coefficient (Wildman–Crippen LogP) is 1.07. The Hall–Kier alpha value is -1.31. The van der Waals surface area contributed by atoms with Gasteiger partial charge in [-0.05, 0) is 41.0 Å². The van der Waals surface area contributed by atoms with E-state index in [-0.39, 0.29) is 5.89 Å². The normalized spacial score (nSPS) is 23.4. The van der Waals surface area contributed by atoms with Crippen LogP contribution < -0.4 is 5.32 Å². The molecule has 0 amide bonds. The van der Waals surface area contributed by atoms with Gasteiger partial charge in [-0.25, -0.2) is 0 Å². The maximum Gasteiger partial charge on any atom is 0.260 e. The summed E-state index contributed by atoms with van der Waals surface area (Å²) in [5.41, 5.74) is -0.441. The van der Waals surface area contributed by atoms with Crippen LogP contribution in [0.1, 0.15) is 12.3 Å². The van der Waals surface area contributed by atoms with E-state index < -0.39 is 5.60 Å². The van der Waals surface area contributed by atoms with Gasteiger partial charge in [0.05, 0.1) is 0 Å². The largest absolute Gasteiger partial charge is 0.379 e. The molecule has 3 heterocycles. The monoisotopic (exact) mass is 310 g/mol. The first-order chi connectivity index (χ1) is 8.67. The lowest BCUT2D eigenvalue weighted by molar-refractivity contribution is 0.0243. The molecule has 0 saturated carbocycles. The zero-order chi connectivity index (χ0) is 12.6. The maximum atomic E-state index is 10.3. The average Bonchev–Trinajstić information content (AvgIpc) is 2.99. The number of halogens is 1. The zero-order valence-corrected chi connectivity index (χ0v) is 11.0. The number of pyridine rings is 1. The molecule has 0 aromatic carbocycles. The van der Waals surface area contributed by atoms with Gasteiger partial charge in [0.1, 0.15) is 5.69 Å². The number of β-amino-alcohol motifs (C(OH)–C–C–N with tert-alkyl or cyclic N) is 1. The number of aliphatic hydroxyl groups is 1. The van der Waals surface area contributed by atoms with E-state index in [1.54, 1.807) is 12.3 Å². The molecule has 0 radical (unpaired) electrons. The quantitative estimate of drug-likeness (QED) is 0.863. The van der Waals surface area contributed by atoms with Crippen LogP contribution in [0.2, 0.25) is 0 Å². The van der Waals surface area contributed by atoms with E-state index in [2.05, 4.69) is 36.4 Å². The van der Waals surface area contributed by atoms with Gasteiger partial charge in [0.2, 0.25) is 5.82 Å². The fourth-order valence-corrected chi connectivity index (χ4v) is 2.12. The molecule has 1 saturated heterocycles. The summed E-state index contributed by atoms with van der Waals surface area (Å²) in [4.78, 5) is 8.40. The van der Waals surface area contributed by atoms with Crippen molar-refractivity contribution in [2.75, 3.05) is 13.1 Å². The van der Waals surface area contributed by atoms with Crippen LogP contribution in [0.25, 0.3) is 11.5 Å². The zero-order valence-electron chi connectivity index (χ0n) is 9.43. The van der Waals surface area contributed by atoms with Crippen LogP contribution in [0, 0.1) is 0 Å². The number of hydrogen-bond donors (Lipinski definition) is 2. The predicted molar refractivity (Wildman–Crippen MR) is 66.6 cm³/mol. The fourth-order valence-electron chi connectivity index (χ4n) is 1.89. The van der Waals surface area contributed by atoms with Crippen LogP contribution in [0.15, 0.2) is 27.3 Å². The molecule has 0 aliphatic carbocycles. The summed E-state index contributed by atoms with van der Waals surface area (Å²) in [6, 6.07) is 3.64. The molecule has 0 spiro atoms. The number of nitrogens with one attached hydrogen (secondary N) is 1. The third kappa shape index (κ3) is 2.05. The highest BCUT2D eigenvalue weighted by molar-refractivity contribution is 9.10. The van der Waals surface area contributed by atoms with Crippen molar-refractivity contribution in [1.29, 1.82) is 0 Å². The summed E-state index contributed by atoms with van der Waals surface area (Å²) in [6.45, 7) is 1.17. The summed E-state index contributed by atoms with van der Waals surface area (Å²) in [5.74, 6) is 0.630. The Morgan fingerprint density at radius 1 is 1.44 bits per heavy atom. The molecule has 2 aromatic heterocycles. The first-order valence-electron chi connectivity index (χ1n) is 5.57. The Labute approximate surface area is 112 Å². The molecule has 1 atom stereocenters. The lowest BCUT2D eigenvalue weighted by atomic mass is 10.0. The molecule has 1 aliphatic heterocycles. The molecule has 94 valence electrons. The lowest BCUT2D eigenvalue weighted by Gasteiger charge is -2.14. The van der Waals surface area contributed by atoms with Crippen LogP contribution in [0.4, 0.5) is 0 Å². The van der Waals surface area contributed by atoms with Crippen molar-refractivity contribution in [3.8, 4) is 11.5 Å². The third-order valence-corrected chi connectivity index (χ3v) is 3.38. The average molecular weight is 311 g/mol. The summed E-state index contributed by atoms with van der Waals surface area (Å²) >= 11 is 3.31. The lowest BCUT2D eigenvalue weighted by Crippen LogP contribution is -2.28. The number of hydrogen-bond acceptors (Lipinski definition) is 6. The maximum absolute atomic E-state index is 10.3. The number of rotatable bonds is 2. The molecule has 0 bridgehead atoms. The van der Waals surface area contributed by atoms with Gasteiger partial charge in [0, 0.05) is 17.2 Å². The number of aromatic nitrogens is 3. The SMILES string of the molecule is OC1(c2nc(-c3ccc(Br)cn3)no2)CCNC1. The first-order valence-corrected chi connectivity index (χ1v) is 6.36. The van der Waals surface area contributed by atoms with Crippen molar-refractivity contribution in [1.82, 2.24) is 20.4 Å². The summed E-state index contributed by atoms with van der Waals surface area (Å²) in [5, 5.41) is 17.2. The van der Waals surface area contributed by atoms with E-state index in [0.29, 0.717) is 24.5 Å². The molecule has 2 aromatic rings. The molecule has 1 fully saturated rings. The Bertz CT molecular complexity index is 548. The van der Waals surface area contributed by atoms with Gasteiger partial charge in [0.25, 0.3) is 5.89 Å². The van der Waals surface area contributed by atoms with Gasteiger partial charge < -0.3 is 14.9 Å². The van der Waals surface area contributed by atoms with Crippen molar-refractivity contribution < 1.29 is 9.63 Å². The minimum absolute atomic E-state index is 0.243. The van der Waals surface area contributed by atoms with Crippen molar-refractivity contribution in [2.24, 2.45) is 0 Å². The van der Waals surface area contributed by atoms with E-state index in [4.69, 9.17) is 4.52 Å². The molecule has 1 aliphatic rings. The van der Waals surface area contributed by atoms with E-state index >= 15 is 0 Å². The van der Waals surface area contributed by atoms with E-state index in [9.17, 15) is 5.11 Å². The standard InChI is InChI=1S/C11H11BrN4O2/c12-7-1-2-8(14-5-7)9-15-10(18-16-9)11(17)3-4-13-6-11/h1-2,5,13,17H,3-4,6H2. The van der Waals surface area contributed by atoms with Crippen molar-refractivity contribution in [3.05, 3.63) is 28.7 Å². The van der Waals surface area contributed by atoms with Crippen molar-refractivity contribution in [3.63, 3.8) is 0 Å². The third-order valence-electron chi connectivity index (χ3n) is 2.91. The summed E-state index contributed by atoms with van der Waals surface area (Å²) in [7, 11) is 0. The van der Waals surface area contributed by atoms with Crippen LogP contribution in [0.3, 0.4) is 0 Å². The van der Waals surface area contributed by atoms with Gasteiger partial charge in [-0.2, -0.15) is 4.98 Å². The Morgan fingerprint density at radius 2 is 2.33 bits per heavy atom. The van der Waals surface area contributed by atoms with E-state index in [0.717, 1.165) is 11.0 Å². The first kappa shape index (κ1) is 11.8. The Morgan fingerprint density at radius 3 is 3.00 bits per heavy atom. The summed E-state index contributed by atoms with van der Waals surface area (Å²) < 4.78 is 6.02. The Balaban J connectivity index is 1.91. The van der Waals surface area contributed by atoms with Crippen molar-refractivity contribution >= 4 is 15.9 Å². The molecule has 6 nitrogen and oxygen atoms in total. The molecule has 2 N–H and O–H groups in total. The minimum atomic E-state index is -1.05. The fraction of sp³-hybridized carbons (Fsp3) is 0.364. The van der Waals surface area contributed by atoms with Gasteiger partial charge in [-0.3, -0.25) is 4.98 Å². The topological polar surface area (TPSA) is 84.1 Å². The molecule has 1 unspecified atom stereocenters. The highest BCUT2D eigenvalue weighted by Gasteiger charge is 2.38. The Kier molecular flexibility index (Phi) is 2.89. The molecular weight excluding hydrogens is 300 g/mol. The van der Waals surface area contributed by atoms with Crippen molar-refractivity contribution in [2.45, 2.75) is 12.0 Å². The van der Waals surface area contributed by atoms with Crippen LogP contribution in [-0.4, -0.2) is 33.3 Å². The van der Waals surface area contributed by atoms with Crippen LogP contribution >= 0.6 is 15.9 Å². The van der Waals surface area contributed by atoms with E-state index in [1.807, 2.05) is 6.07 Å². The second-order valence-electron chi connectivity index (χ2n) is 4.24. The van der Waals surface area contributed by atoms with Gasteiger partial charge in [-0.1, -0.05) is 5.16 Å².